The van der Waals surface area contributed by atoms with Gasteiger partial charge in [0.15, 0.2) is 12.4 Å². The van der Waals surface area contributed by atoms with Crippen molar-refractivity contribution in [3.63, 3.8) is 0 Å². The highest BCUT2D eigenvalue weighted by molar-refractivity contribution is 6.31. The predicted molar refractivity (Wildman–Crippen MR) is 85.8 cm³/mol. The number of hydrogen-bond donors (Lipinski definition) is 1. The Kier molecular flexibility index (Phi) is 4.81. The molecule has 110 valence electrons. The number of halogens is 1. The molecule has 1 heterocycles. The smallest absolute Gasteiger partial charge is 0.290 e. The molecular formula is C16H19ClN3O+. The van der Waals surface area contributed by atoms with E-state index in [0.29, 0.717) is 5.02 Å². The molecule has 2 aromatic rings. The number of nitrogens with zero attached hydrogens (tertiary/aromatic N) is 2. The van der Waals surface area contributed by atoms with Gasteiger partial charge in [0.1, 0.15) is 0 Å². The molecule has 0 fully saturated rings. The van der Waals surface area contributed by atoms with Crippen LogP contribution in [-0.4, -0.2) is 20.0 Å². The molecule has 5 heteroatoms. The summed E-state index contributed by atoms with van der Waals surface area (Å²) in [5.41, 5.74) is 2.72. The van der Waals surface area contributed by atoms with Crippen LogP contribution in [0.15, 0.2) is 42.7 Å². The van der Waals surface area contributed by atoms with Crippen LogP contribution in [0.1, 0.15) is 5.56 Å². The molecule has 0 aliphatic heterocycles. The van der Waals surface area contributed by atoms with E-state index in [1.807, 2.05) is 67.1 Å². The highest BCUT2D eigenvalue weighted by Gasteiger charge is 2.11. The minimum Gasteiger partial charge on any atom is -0.377 e. The van der Waals surface area contributed by atoms with Gasteiger partial charge >= 0.3 is 0 Å². The number of hydrogen-bond acceptors (Lipinski definition) is 2. The number of pyridine rings is 1. The highest BCUT2D eigenvalue weighted by Crippen LogP contribution is 2.22. The summed E-state index contributed by atoms with van der Waals surface area (Å²) in [5, 5.41) is 3.53. The summed E-state index contributed by atoms with van der Waals surface area (Å²) in [6.45, 7) is 2.15. The fourth-order valence-corrected chi connectivity index (χ4v) is 2.13. The molecule has 2 rings (SSSR count). The lowest BCUT2D eigenvalue weighted by Gasteiger charge is -2.11. The summed E-state index contributed by atoms with van der Waals surface area (Å²) in [7, 11) is 3.96. The van der Waals surface area contributed by atoms with Crippen molar-refractivity contribution in [2.24, 2.45) is 0 Å². The van der Waals surface area contributed by atoms with Crippen LogP contribution in [-0.2, 0) is 11.3 Å². The van der Waals surface area contributed by atoms with Crippen molar-refractivity contribution in [3.8, 4) is 0 Å². The number of anilines is 2. The first-order valence-electron chi connectivity index (χ1n) is 6.69. The van der Waals surface area contributed by atoms with Crippen molar-refractivity contribution >= 4 is 28.9 Å². The van der Waals surface area contributed by atoms with Gasteiger partial charge in [-0.3, -0.25) is 4.79 Å². The molecular weight excluding hydrogens is 286 g/mol. The molecule has 21 heavy (non-hydrogen) atoms. The fourth-order valence-electron chi connectivity index (χ4n) is 1.95. The Hall–Kier alpha value is -2.07. The molecule has 0 unspecified atom stereocenters. The first kappa shape index (κ1) is 15.3. The van der Waals surface area contributed by atoms with Crippen molar-refractivity contribution in [2.45, 2.75) is 13.5 Å². The SMILES string of the molecule is Cc1c(Cl)cccc1NC(=O)C[n+]1ccc(N(C)C)cc1. The number of carbonyl (C=O) groups is 1. The summed E-state index contributed by atoms with van der Waals surface area (Å²) in [6.07, 6.45) is 3.78. The second kappa shape index (κ2) is 6.59. The van der Waals surface area contributed by atoms with Gasteiger partial charge in [-0.05, 0) is 24.6 Å². The van der Waals surface area contributed by atoms with E-state index in [9.17, 15) is 4.79 Å². The number of rotatable bonds is 4. The summed E-state index contributed by atoms with van der Waals surface area (Å²) in [4.78, 5) is 14.1. The van der Waals surface area contributed by atoms with Crippen LogP contribution < -0.4 is 14.8 Å². The minimum absolute atomic E-state index is 0.0806. The van der Waals surface area contributed by atoms with Crippen molar-refractivity contribution in [1.29, 1.82) is 0 Å². The van der Waals surface area contributed by atoms with Gasteiger partial charge in [0.2, 0.25) is 6.54 Å². The lowest BCUT2D eigenvalue weighted by molar-refractivity contribution is -0.684. The molecule has 0 saturated carbocycles. The Labute approximate surface area is 130 Å². The summed E-state index contributed by atoms with van der Waals surface area (Å²) in [6, 6.07) is 9.42. The maximum absolute atomic E-state index is 12.1. The first-order chi connectivity index (χ1) is 9.97. The molecule has 0 radical (unpaired) electrons. The van der Waals surface area contributed by atoms with E-state index in [0.717, 1.165) is 16.9 Å². The number of carbonyl (C=O) groups excluding carboxylic acids is 1. The lowest BCUT2D eigenvalue weighted by Crippen LogP contribution is -2.39. The monoisotopic (exact) mass is 304 g/mol. The van der Waals surface area contributed by atoms with E-state index in [-0.39, 0.29) is 12.5 Å². The van der Waals surface area contributed by atoms with E-state index in [2.05, 4.69) is 5.32 Å². The largest absolute Gasteiger partial charge is 0.377 e. The van der Waals surface area contributed by atoms with Crippen molar-refractivity contribution in [3.05, 3.63) is 53.3 Å². The second-order valence-electron chi connectivity index (χ2n) is 5.08. The molecule has 0 aliphatic carbocycles. The first-order valence-corrected chi connectivity index (χ1v) is 7.06. The lowest BCUT2D eigenvalue weighted by atomic mass is 10.2. The van der Waals surface area contributed by atoms with Crippen molar-refractivity contribution in [1.82, 2.24) is 0 Å². The van der Waals surface area contributed by atoms with Crippen molar-refractivity contribution in [2.75, 3.05) is 24.3 Å². The van der Waals surface area contributed by atoms with Gasteiger partial charge in [-0.1, -0.05) is 17.7 Å². The molecule has 0 saturated heterocycles. The molecule has 0 bridgehead atoms. The van der Waals surface area contributed by atoms with Crippen LogP contribution in [0.4, 0.5) is 11.4 Å². The van der Waals surface area contributed by atoms with E-state index in [1.54, 1.807) is 6.07 Å². The van der Waals surface area contributed by atoms with Gasteiger partial charge in [-0.15, -0.1) is 0 Å². The average Bonchev–Trinajstić information content (AvgIpc) is 2.44. The summed E-state index contributed by atoms with van der Waals surface area (Å²) >= 11 is 6.04. The minimum atomic E-state index is -0.0806. The van der Waals surface area contributed by atoms with E-state index in [4.69, 9.17) is 11.6 Å². The van der Waals surface area contributed by atoms with E-state index >= 15 is 0 Å². The van der Waals surface area contributed by atoms with Gasteiger partial charge in [-0.25, -0.2) is 0 Å². The molecule has 1 aromatic carbocycles. The molecule has 4 nitrogen and oxygen atoms in total. The Morgan fingerprint density at radius 3 is 2.52 bits per heavy atom. The zero-order valence-corrected chi connectivity index (χ0v) is 13.2. The Bertz CT molecular complexity index is 638. The maximum atomic E-state index is 12.1. The van der Waals surface area contributed by atoms with Gasteiger partial charge in [0.05, 0.1) is 0 Å². The van der Waals surface area contributed by atoms with E-state index in [1.165, 1.54) is 0 Å². The Morgan fingerprint density at radius 1 is 1.24 bits per heavy atom. The van der Waals surface area contributed by atoms with E-state index < -0.39 is 0 Å². The van der Waals surface area contributed by atoms with Gasteiger partial charge in [0, 0.05) is 42.6 Å². The standard InChI is InChI=1S/C16H18ClN3O/c1-12-14(17)5-4-6-15(12)18-16(21)11-20-9-7-13(8-10-20)19(2)3/h4-10H,11H2,1-3H3/p+1. The molecule has 1 amide bonds. The normalized spacial score (nSPS) is 10.3. The number of amides is 1. The molecule has 0 aliphatic rings. The highest BCUT2D eigenvalue weighted by atomic mass is 35.5. The topological polar surface area (TPSA) is 36.2 Å². The van der Waals surface area contributed by atoms with Gasteiger partial charge < -0.3 is 10.2 Å². The van der Waals surface area contributed by atoms with Crippen molar-refractivity contribution < 1.29 is 9.36 Å². The zero-order valence-electron chi connectivity index (χ0n) is 12.4. The number of benzene rings is 1. The molecule has 0 atom stereocenters. The fraction of sp³-hybridized carbons (Fsp3) is 0.250. The Balaban J connectivity index is 2.03. The predicted octanol–water partition coefficient (Wildman–Crippen LogP) is 2.64. The van der Waals surface area contributed by atoms with Gasteiger partial charge in [-0.2, -0.15) is 4.57 Å². The van der Waals surface area contributed by atoms with Crippen LogP contribution in [0.25, 0.3) is 0 Å². The molecule has 0 spiro atoms. The zero-order chi connectivity index (χ0) is 15.4. The third kappa shape index (κ3) is 3.95. The van der Waals surface area contributed by atoms with Crippen LogP contribution in [0.3, 0.4) is 0 Å². The third-order valence-electron chi connectivity index (χ3n) is 3.26. The number of nitrogens with one attached hydrogen (secondary N) is 1. The summed E-state index contributed by atoms with van der Waals surface area (Å²) in [5.74, 6) is -0.0806. The number of aromatic nitrogens is 1. The quantitative estimate of drug-likeness (QED) is 0.882. The van der Waals surface area contributed by atoms with Crippen LogP contribution in [0.5, 0.6) is 0 Å². The van der Waals surface area contributed by atoms with Crippen LogP contribution in [0.2, 0.25) is 5.02 Å². The van der Waals surface area contributed by atoms with Crippen LogP contribution >= 0.6 is 11.6 Å². The van der Waals surface area contributed by atoms with Gasteiger partial charge in [0.25, 0.3) is 5.91 Å². The van der Waals surface area contributed by atoms with Crippen LogP contribution in [0, 0.1) is 6.92 Å². The summed E-state index contributed by atoms with van der Waals surface area (Å²) < 4.78 is 1.84. The third-order valence-corrected chi connectivity index (χ3v) is 3.67. The molecule has 1 N–H and O–H groups in total. The molecule has 1 aromatic heterocycles. The Morgan fingerprint density at radius 2 is 1.90 bits per heavy atom. The average molecular weight is 305 g/mol. The second-order valence-corrected chi connectivity index (χ2v) is 5.49. The maximum Gasteiger partial charge on any atom is 0.290 e.